The third-order valence-corrected chi connectivity index (χ3v) is 3.42. The van der Waals surface area contributed by atoms with E-state index < -0.39 is 0 Å². The zero-order valence-electron chi connectivity index (χ0n) is 9.00. The maximum absolute atomic E-state index is 5.39. The van der Waals surface area contributed by atoms with Crippen LogP contribution in [0.5, 0.6) is 0 Å². The van der Waals surface area contributed by atoms with Crippen LogP contribution in [0.25, 0.3) is 0 Å². The Bertz CT molecular complexity index is 163. The van der Waals surface area contributed by atoms with E-state index in [1.807, 2.05) is 0 Å². The van der Waals surface area contributed by atoms with Gasteiger partial charge in [-0.3, -0.25) is 0 Å². The van der Waals surface area contributed by atoms with Crippen molar-refractivity contribution in [2.75, 3.05) is 33.0 Å². The molecule has 0 saturated carbocycles. The predicted molar refractivity (Wildman–Crippen MR) is 55.3 cm³/mol. The van der Waals surface area contributed by atoms with E-state index in [-0.39, 0.29) is 0 Å². The Kier molecular flexibility index (Phi) is 3.79. The highest BCUT2D eigenvalue weighted by molar-refractivity contribution is 4.77. The molecule has 14 heavy (non-hydrogen) atoms. The maximum Gasteiger partial charge on any atom is 0.0509 e. The zero-order chi connectivity index (χ0) is 9.80. The molecular formula is C11H21NO2. The van der Waals surface area contributed by atoms with Crippen molar-refractivity contribution in [2.45, 2.75) is 25.8 Å². The van der Waals surface area contributed by atoms with Crippen LogP contribution in [-0.2, 0) is 9.47 Å². The minimum absolute atomic E-state index is 0.595. The molecule has 2 fully saturated rings. The summed E-state index contributed by atoms with van der Waals surface area (Å²) in [6, 6.07) is 0.595. The van der Waals surface area contributed by atoms with Crippen LogP contribution in [0.1, 0.15) is 19.8 Å². The molecule has 0 radical (unpaired) electrons. The summed E-state index contributed by atoms with van der Waals surface area (Å²) in [4.78, 5) is 0. The van der Waals surface area contributed by atoms with Crippen LogP contribution < -0.4 is 5.32 Å². The number of nitrogens with one attached hydrogen (secondary N) is 1. The zero-order valence-corrected chi connectivity index (χ0v) is 9.00. The third kappa shape index (κ3) is 2.69. The molecule has 0 aliphatic carbocycles. The van der Waals surface area contributed by atoms with Crippen molar-refractivity contribution in [1.29, 1.82) is 0 Å². The van der Waals surface area contributed by atoms with Crippen molar-refractivity contribution in [3.63, 3.8) is 0 Å². The molecule has 0 aromatic heterocycles. The van der Waals surface area contributed by atoms with Crippen molar-refractivity contribution >= 4 is 0 Å². The number of hydrogen-bond donors (Lipinski definition) is 1. The summed E-state index contributed by atoms with van der Waals surface area (Å²) in [5.41, 5.74) is 0. The van der Waals surface area contributed by atoms with Crippen molar-refractivity contribution in [1.82, 2.24) is 5.32 Å². The van der Waals surface area contributed by atoms with Crippen LogP contribution in [0, 0.1) is 11.8 Å². The Morgan fingerprint density at radius 2 is 2.00 bits per heavy atom. The predicted octanol–water partition coefficient (Wildman–Crippen LogP) is 1.04. The minimum Gasteiger partial charge on any atom is -0.381 e. The Morgan fingerprint density at radius 1 is 1.21 bits per heavy atom. The highest BCUT2D eigenvalue weighted by Gasteiger charge is 2.23. The van der Waals surface area contributed by atoms with E-state index in [1.54, 1.807) is 0 Å². The molecule has 2 aliphatic heterocycles. The van der Waals surface area contributed by atoms with E-state index in [9.17, 15) is 0 Å². The average Bonchev–Trinajstić information content (AvgIpc) is 2.87. The molecule has 0 aromatic rings. The second-order valence-electron chi connectivity index (χ2n) is 4.55. The average molecular weight is 199 g/mol. The van der Waals surface area contributed by atoms with Gasteiger partial charge in [0.15, 0.2) is 0 Å². The van der Waals surface area contributed by atoms with Crippen LogP contribution >= 0.6 is 0 Å². The van der Waals surface area contributed by atoms with Gasteiger partial charge in [-0.05, 0) is 31.6 Å². The summed E-state index contributed by atoms with van der Waals surface area (Å²) in [6.07, 6.45) is 2.44. The van der Waals surface area contributed by atoms with Gasteiger partial charge >= 0.3 is 0 Å². The Morgan fingerprint density at radius 3 is 2.64 bits per heavy atom. The summed E-state index contributed by atoms with van der Waals surface area (Å²) >= 11 is 0. The van der Waals surface area contributed by atoms with Crippen LogP contribution in [0.4, 0.5) is 0 Å². The second-order valence-corrected chi connectivity index (χ2v) is 4.55. The largest absolute Gasteiger partial charge is 0.381 e. The smallest absolute Gasteiger partial charge is 0.0509 e. The molecule has 3 atom stereocenters. The molecule has 2 rings (SSSR count). The van der Waals surface area contributed by atoms with Gasteiger partial charge in [0.2, 0.25) is 0 Å². The number of ether oxygens (including phenoxy) is 2. The van der Waals surface area contributed by atoms with Crippen LogP contribution in [0.2, 0.25) is 0 Å². The van der Waals surface area contributed by atoms with Crippen LogP contribution in [0.3, 0.4) is 0 Å². The first kappa shape index (κ1) is 10.4. The van der Waals surface area contributed by atoms with Gasteiger partial charge in [0, 0.05) is 25.8 Å². The van der Waals surface area contributed by atoms with E-state index >= 15 is 0 Å². The molecule has 2 heterocycles. The van der Waals surface area contributed by atoms with Crippen molar-refractivity contribution in [3.8, 4) is 0 Å². The quantitative estimate of drug-likeness (QED) is 0.734. The van der Waals surface area contributed by atoms with Gasteiger partial charge in [0.25, 0.3) is 0 Å². The highest BCUT2D eigenvalue weighted by atomic mass is 16.5. The van der Waals surface area contributed by atoms with Gasteiger partial charge in [0.05, 0.1) is 13.2 Å². The van der Waals surface area contributed by atoms with Gasteiger partial charge in [-0.1, -0.05) is 0 Å². The van der Waals surface area contributed by atoms with E-state index in [4.69, 9.17) is 9.47 Å². The van der Waals surface area contributed by atoms with Crippen molar-refractivity contribution < 1.29 is 9.47 Å². The van der Waals surface area contributed by atoms with Crippen molar-refractivity contribution in [3.05, 3.63) is 0 Å². The molecule has 2 aliphatic rings. The number of hydrogen-bond acceptors (Lipinski definition) is 3. The van der Waals surface area contributed by atoms with Gasteiger partial charge in [0.1, 0.15) is 0 Å². The fourth-order valence-corrected chi connectivity index (χ4v) is 2.21. The van der Waals surface area contributed by atoms with Gasteiger partial charge < -0.3 is 14.8 Å². The first-order chi connectivity index (χ1) is 6.86. The summed E-state index contributed by atoms with van der Waals surface area (Å²) in [5, 5.41) is 3.61. The minimum atomic E-state index is 0.595. The molecule has 1 N–H and O–H groups in total. The molecule has 0 aromatic carbocycles. The lowest BCUT2D eigenvalue weighted by Crippen LogP contribution is -2.37. The van der Waals surface area contributed by atoms with E-state index in [1.165, 1.54) is 12.8 Å². The Labute approximate surface area is 86.2 Å². The molecule has 3 heteroatoms. The summed E-state index contributed by atoms with van der Waals surface area (Å²) < 4.78 is 10.7. The monoisotopic (exact) mass is 199 g/mol. The molecule has 3 unspecified atom stereocenters. The van der Waals surface area contributed by atoms with Crippen LogP contribution in [-0.4, -0.2) is 39.0 Å². The summed E-state index contributed by atoms with van der Waals surface area (Å²) in [6.45, 7) is 7.17. The topological polar surface area (TPSA) is 30.5 Å². The Balaban J connectivity index is 1.63. The molecule has 2 saturated heterocycles. The first-order valence-corrected chi connectivity index (χ1v) is 5.75. The van der Waals surface area contributed by atoms with Crippen LogP contribution in [0.15, 0.2) is 0 Å². The molecule has 3 nitrogen and oxygen atoms in total. The van der Waals surface area contributed by atoms with Gasteiger partial charge in [-0.25, -0.2) is 0 Å². The molecule has 0 spiro atoms. The molecular weight excluding hydrogens is 178 g/mol. The molecule has 82 valence electrons. The fraction of sp³-hybridized carbons (Fsp3) is 1.00. The normalized spacial score (nSPS) is 34.9. The number of rotatable bonds is 4. The summed E-state index contributed by atoms with van der Waals surface area (Å²) in [7, 11) is 0. The Hall–Kier alpha value is -0.120. The van der Waals surface area contributed by atoms with E-state index in [0.29, 0.717) is 6.04 Å². The van der Waals surface area contributed by atoms with Gasteiger partial charge in [-0.2, -0.15) is 0 Å². The summed E-state index contributed by atoms with van der Waals surface area (Å²) in [5.74, 6) is 1.46. The van der Waals surface area contributed by atoms with E-state index in [0.717, 1.165) is 44.8 Å². The maximum atomic E-state index is 5.39. The first-order valence-electron chi connectivity index (χ1n) is 5.75. The van der Waals surface area contributed by atoms with Gasteiger partial charge in [-0.15, -0.1) is 0 Å². The SMILES string of the molecule is CC(NCC1CCOC1)C1CCOC1. The standard InChI is InChI=1S/C11H21NO2/c1-9(11-3-5-14-8-11)12-6-10-2-4-13-7-10/h9-12H,2-8H2,1H3. The third-order valence-electron chi connectivity index (χ3n) is 3.42. The molecule has 0 bridgehead atoms. The highest BCUT2D eigenvalue weighted by Crippen LogP contribution is 2.17. The van der Waals surface area contributed by atoms with E-state index in [2.05, 4.69) is 12.2 Å². The lowest BCUT2D eigenvalue weighted by Gasteiger charge is -2.20. The lowest BCUT2D eigenvalue weighted by molar-refractivity contribution is 0.174. The molecule has 0 amide bonds. The van der Waals surface area contributed by atoms with Crippen molar-refractivity contribution in [2.24, 2.45) is 11.8 Å². The lowest BCUT2D eigenvalue weighted by atomic mass is 10.00. The fourth-order valence-electron chi connectivity index (χ4n) is 2.21. The second kappa shape index (κ2) is 5.10.